The van der Waals surface area contributed by atoms with E-state index < -0.39 is 0 Å². The molecule has 0 saturated carbocycles. The predicted octanol–water partition coefficient (Wildman–Crippen LogP) is 4.71. The molecule has 1 heterocycles. The van der Waals surface area contributed by atoms with Gasteiger partial charge in [0.25, 0.3) is 0 Å². The number of thioether (sulfide) groups is 1. The first-order chi connectivity index (χ1) is 18.1. The fourth-order valence-electron chi connectivity index (χ4n) is 4.18. The van der Waals surface area contributed by atoms with Crippen molar-refractivity contribution in [1.82, 2.24) is 25.0 Å². The zero-order chi connectivity index (χ0) is 26.0. The molecule has 8 heteroatoms. The average Bonchev–Trinajstić information content (AvgIpc) is 3.34. The van der Waals surface area contributed by atoms with E-state index in [2.05, 4.69) is 49.2 Å². The van der Waals surface area contributed by atoms with Gasteiger partial charge >= 0.3 is 0 Å². The number of aromatic nitrogens is 3. The van der Waals surface area contributed by atoms with Crippen LogP contribution in [0.4, 0.5) is 0 Å². The van der Waals surface area contributed by atoms with Crippen LogP contribution in [0.1, 0.15) is 17.2 Å². The molecule has 1 unspecified atom stereocenters. The van der Waals surface area contributed by atoms with Crippen LogP contribution in [0.25, 0.3) is 11.4 Å². The van der Waals surface area contributed by atoms with Crippen LogP contribution >= 0.6 is 11.8 Å². The third kappa shape index (κ3) is 6.99. The van der Waals surface area contributed by atoms with Crippen LogP contribution in [0.15, 0.2) is 90.1 Å². The molecule has 3 aromatic carbocycles. The van der Waals surface area contributed by atoms with Crippen LogP contribution in [-0.4, -0.2) is 59.1 Å². The van der Waals surface area contributed by atoms with E-state index in [1.54, 1.807) is 7.11 Å². The number of rotatable bonds is 12. The van der Waals surface area contributed by atoms with Crippen molar-refractivity contribution < 1.29 is 9.53 Å². The van der Waals surface area contributed by atoms with E-state index in [1.165, 1.54) is 22.9 Å². The van der Waals surface area contributed by atoms with E-state index in [1.807, 2.05) is 74.8 Å². The molecule has 0 saturated heterocycles. The van der Waals surface area contributed by atoms with Crippen LogP contribution in [0.3, 0.4) is 0 Å². The molecule has 0 bridgehead atoms. The first-order valence-electron chi connectivity index (χ1n) is 12.3. The minimum absolute atomic E-state index is 0.0377. The summed E-state index contributed by atoms with van der Waals surface area (Å²) in [4.78, 5) is 14.9. The molecule has 4 aromatic rings. The summed E-state index contributed by atoms with van der Waals surface area (Å²) in [5, 5.41) is 12.7. The topological polar surface area (TPSA) is 72.3 Å². The molecule has 0 fully saturated rings. The molecule has 1 amide bonds. The molecule has 37 heavy (non-hydrogen) atoms. The summed E-state index contributed by atoms with van der Waals surface area (Å²) in [5.74, 6) is 1.68. The lowest BCUT2D eigenvalue weighted by Gasteiger charge is -2.25. The number of nitrogens with zero attached hydrogens (tertiary/aromatic N) is 4. The average molecular weight is 516 g/mol. The molecule has 7 nitrogen and oxygen atoms in total. The van der Waals surface area contributed by atoms with Gasteiger partial charge in [0.15, 0.2) is 11.0 Å². The summed E-state index contributed by atoms with van der Waals surface area (Å²) in [6, 6.07) is 28.4. The monoisotopic (exact) mass is 515 g/mol. The quantitative estimate of drug-likeness (QED) is 0.276. The zero-order valence-corrected chi connectivity index (χ0v) is 22.3. The molecule has 192 valence electrons. The largest absolute Gasteiger partial charge is 0.496 e. The maximum absolute atomic E-state index is 12.8. The van der Waals surface area contributed by atoms with Gasteiger partial charge in [-0.05, 0) is 43.8 Å². The van der Waals surface area contributed by atoms with Crippen LogP contribution < -0.4 is 10.1 Å². The second-order valence-electron chi connectivity index (χ2n) is 8.88. The zero-order valence-electron chi connectivity index (χ0n) is 21.5. The van der Waals surface area contributed by atoms with Crippen LogP contribution in [-0.2, 0) is 17.8 Å². The third-order valence-electron chi connectivity index (χ3n) is 6.16. The van der Waals surface area contributed by atoms with E-state index in [9.17, 15) is 4.79 Å². The first kappa shape index (κ1) is 26.4. The Hall–Kier alpha value is -3.62. The summed E-state index contributed by atoms with van der Waals surface area (Å²) in [5.41, 5.74) is 3.27. The number of ether oxygens (including phenoxy) is 1. The SMILES string of the molecule is COc1ccccc1-c1nnc(SCC(=O)NCC(c2ccccc2)N(C)C)n1CCc1ccccc1. The fraction of sp³-hybridized carbons (Fsp3) is 0.276. The minimum Gasteiger partial charge on any atom is -0.496 e. The van der Waals surface area contributed by atoms with Crippen molar-refractivity contribution in [2.75, 3.05) is 33.5 Å². The molecular weight excluding hydrogens is 482 g/mol. The van der Waals surface area contributed by atoms with Gasteiger partial charge in [-0.1, -0.05) is 84.6 Å². The Balaban J connectivity index is 1.47. The standard InChI is InChI=1S/C29H33N5O2S/c1-33(2)25(23-14-8-5-9-15-23)20-30-27(35)21-37-29-32-31-28(24-16-10-11-17-26(24)36-3)34(29)19-18-22-12-6-4-7-13-22/h4-17,25H,18-21H2,1-3H3,(H,30,35). The molecule has 0 aliphatic heterocycles. The van der Waals surface area contributed by atoms with Crippen LogP contribution in [0, 0.1) is 0 Å². The summed E-state index contributed by atoms with van der Waals surface area (Å²) in [6.07, 6.45) is 0.822. The van der Waals surface area contributed by atoms with Gasteiger partial charge in [0.05, 0.1) is 24.5 Å². The summed E-state index contributed by atoms with van der Waals surface area (Å²) >= 11 is 1.40. The van der Waals surface area contributed by atoms with Gasteiger partial charge in [0.1, 0.15) is 5.75 Å². The normalized spacial score (nSPS) is 11.9. The number of carbonyl (C=O) groups excluding carboxylic acids is 1. The van der Waals surface area contributed by atoms with Crippen molar-refractivity contribution in [1.29, 1.82) is 0 Å². The smallest absolute Gasteiger partial charge is 0.230 e. The van der Waals surface area contributed by atoms with Crippen LogP contribution in [0.5, 0.6) is 5.75 Å². The van der Waals surface area contributed by atoms with Crippen LogP contribution in [0.2, 0.25) is 0 Å². The molecule has 0 spiro atoms. The lowest BCUT2D eigenvalue weighted by atomic mass is 10.1. The van der Waals surface area contributed by atoms with Crippen molar-refractivity contribution >= 4 is 17.7 Å². The van der Waals surface area contributed by atoms with E-state index in [0.29, 0.717) is 18.2 Å². The highest BCUT2D eigenvalue weighted by Crippen LogP contribution is 2.31. The van der Waals surface area contributed by atoms with Gasteiger partial charge in [-0.2, -0.15) is 0 Å². The van der Waals surface area contributed by atoms with Crippen molar-refractivity contribution in [3.63, 3.8) is 0 Å². The first-order valence-corrected chi connectivity index (χ1v) is 13.3. The molecular formula is C29H33N5O2S. The van der Waals surface area contributed by atoms with E-state index in [4.69, 9.17) is 4.74 Å². The Bertz CT molecular complexity index is 1280. The van der Waals surface area contributed by atoms with Gasteiger partial charge in [0, 0.05) is 13.1 Å². The number of para-hydroxylation sites is 1. The maximum Gasteiger partial charge on any atom is 0.230 e. The van der Waals surface area contributed by atoms with Crippen molar-refractivity contribution in [3.05, 3.63) is 96.1 Å². The Labute approximate surface area is 222 Å². The Morgan fingerprint density at radius 2 is 1.65 bits per heavy atom. The lowest BCUT2D eigenvalue weighted by Crippen LogP contribution is -2.35. The van der Waals surface area contributed by atoms with Crippen molar-refractivity contribution in [3.8, 4) is 17.1 Å². The number of benzene rings is 3. The van der Waals surface area contributed by atoms with E-state index >= 15 is 0 Å². The van der Waals surface area contributed by atoms with Gasteiger partial charge < -0.3 is 19.5 Å². The van der Waals surface area contributed by atoms with Crippen molar-refractivity contribution in [2.45, 2.75) is 24.2 Å². The number of likely N-dealkylation sites (N-methyl/N-ethyl adjacent to an activating group) is 1. The Morgan fingerprint density at radius 1 is 0.973 bits per heavy atom. The highest BCUT2D eigenvalue weighted by molar-refractivity contribution is 7.99. The minimum atomic E-state index is -0.0377. The van der Waals surface area contributed by atoms with Crippen molar-refractivity contribution in [2.24, 2.45) is 0 Å². The molecule has 1 atom stereocenters. The summed E-state index contributed by atoms with van der Waals surface area (Å²) in [7, 11) is 5.69. The number of amides is 1. The summed E-state index contributed by atoms with van der Waals surface area (Å²) in [6.45, 7) is 1.22. The number of nitrogens with one attached hydrogen (secondary N) is 1. The number of carbonyl (C=O) groups is 1. The number of aryl methyl sites for hydroxylation is 1. The fourth-order valence-corrected chi connectivity index (χ4v) is 4.97. The van der Waals surface area contributed by atoms with Gasteiger partial charge in [0.2, 0.25) is 5.91 Å². The molecule has 0 aliphatic rings. The highest BCUT2D eigenvalue weighted by Gasteiger charge is 2.19. The Morgan fingerprint density at radius 3 is 2.35 bits per heavy atom. The molecule has 4 rings (SSSR count). The maximum atomic E-state index is 12.8. The molecule has 0 radical (unpaired) electrons. The van der Waals surface area contributed by atoms with E-state index in [-0.39, 0.29) is 17.7 Å². The van der Waals surface area contributed by atoms with E-state index in [0.717, 1.165) is 23.6 Å². The second-order valence-corrected chi connectivity index (χ2v) is 9.82. The van der Waals surface area contributed by atoms with Gasteiger partial charge in [-0.3, -0.25) is 4.79 Å². The lowest BCUT2D eigenvalue weighted by molar-refractivity contribution is -0.118. The molecule has 1 aromatic heterocycles. The van der Waals surface area contributed by atoms with Gasteiger partial charge in [-0.15, -0.1) is 10.2 Å². The highest BCUT2D eigenvalue weighted by atomic mass is 32.2. The summed E-state index contributed by atoms with van der Waals surface area (Å²) < 4.78 is 7.66. The third-order valence-corrected chi connectivity index (χ3v) is 7.13. The number of hydrogen-bond donors (Lipinski definition) is 1. The predicted molar refractivity (Wildman–Crippen MR) is 149 cm³/mol. The molecule has 0 aliphatic carbocycles. The Kier molecular flexibility index (Phi) is 9.35. The second kappa shape index (κ2) is 13.1. The molecule has 1 N–H and O–H groups in total. The van der Waals surface area contributed by atoms with Gasteiger partial charge in [-0.25, -0.2) is 0 Å². The number of methoxy groups -OCH3 is 1. The number of hydrogen-bond acceptors (Lipinski definition) is 6.